The number of nitrogens with one attached hydrogen (secondary N) is 1. The first-order valence-corrected chi connectivity index (χ1v) is 7.20. The van der Waals surface area contributed by atoms with Crippen molar-refractivity contribution in [2.24, 2.45) is 5.92 Å². The fourth-order valence-electron chi connectivity index (χ4n) is 2.50. The number of hydrogen-bond acceptors (Lipinski definition) is 2. The van der Waals surface area contributed by atoms with Crippen LogP contribution in [0.2, 0.25) is 0 Å². The molecular formula is C14H19BrFNO. The van der Waals surface area contributed by atoms with Crippen LogP contribution in [0.15, 0.2) is 22.7 Å². The maximum atomic E-state index is 13.9. The first-order chi connectivity index (χ1) is 8.70. The molecule has 0 amide bonds. The molecule has 1 aliphatic rings. The van der Waals surface area contributed by atoms with E-state index in [0.29, 0.717) is 5.92 Å². The lowest BCUT2D eigenvalue weighted by Crippen LogP contribution is -2.24. The summed E-state index contributed by atoms with van der Waals surface area (Å²) >= 11 is 3.29. The van der Waals surface area contributed by atoms with Gasteiger partial charge in [-0.2, -0.15) is 0 Å². The number of benzene rings is 1. The predicted molar refractivity (Wildman–Crippen MR) is 74.1 cm³/mol. The standard InChI is InChI=1S/C14H19BrFNO/c1-17-14(8-10-4-6-18-7-5-10)12-3-2-11(15)9-13(12)16/h2-3,9-10,14,17H,4-8H2,1H3. The smallest absolute Gasteiger partial charge is 0.129 e. The molecule has 1 heterocycles. The molecule has 100 valence electrons. The van der Waals surface area contributed by atoms with Crippen molar-refractivity contribution in [2.45, 2.75) is 25.3 Å². The van der Waals surface area contributed by atoms with Crippen LogP contribution >= 0.6 is 15.9 Å². The molecule has 4 heteroatoms. The normalized spacial score (nSPS) is 18.8. The molecule has 1 N–H and O–H groups in total. The fourth-order valence-corrected chi connectivity index (χ4v) is 2.83. The molecule has 0 spiro atoms. The van der Waals surface area contributed by atoms with Gasteiger partial charge in [0.2, 0.25) is 0 Å². The molecule has 1 saturated heterocycles. The molecule has 0 saturated carbocycles. The van der Waals surface area contributed by atoms with Gasteiger partial charge < -0.3 is 10.1 Å². The number of ether oxygens (including phenoxy) is 1. The molecule has 1 aromatic carbocycles. The zero-order chi connectivity index (χ0) is 13.0. The van der Waals surface area contributed by atoms with Crippen LogP contribution in [0.25, 0.3) is 0 Å². The van der Waals surface area contributed by atoms with Crippen molar-refractivity contribution in [1.82, 2.24) is 5.32 Å². The van der Waals surface area contributed by atoms with Crippen molar-refractivity contribution >= 4 is 15.9 Å². The molecule has 2 nitrogen and oxygen atoms in total. The van der Waals surface area contributed by atoms with Crippen LogP contribution in [0.4, 0.5) is 4.39 Å². The highest BCUT2D eigenvalue weighted by atomic mass is 79.9. The average molecular weight is 316 g/mol. The van der Waals surface area contributed by atoms with E-state index < -0.39 is 0 Å². The van der Waals surface area contributed by atoms with Crippen LogP contribution in [-0.2, 0) is 4.74 Å². The predicted octanol–water partition coefficient (Wildman–Crippen LogP) is 3.67. The van der Waals surface area contributed by atoms with Gasteiger partial charge in [0.05, 0.1) is 0 Å². The Morgan fingerprint density at radius 3 is 2.78 bits per heavy atom. The highest BCUT2D eigenvalue weighted by Crippen LogP contribution is 2.29. The van der Waals surface area contributed by atoms with Gasteiger partial charge in [0.25, 0.3) is 0 Å². The minimum atomic E-state index is -0.143. The topological polar surface area (TPSA) is 21.3 Å². The van der Waals surface area contributed by atoms with Gasteiger partial charge in [0.1, 0.15) is 5.82 Å². The Bertz CT molecular complexity index is 393. The number of rotatable bonds is 4. The fraction of sp³-hybridized carbons (Fsp3) is 0.571. The monoisotopic (exact) mass is 315 g/mol. The van der Waals surface area contributed by atoms with Crippen LogP contribution in [0.5, 0.6) is 0 Å². The molecule has 1 unspecified atom stereocenters. The van der Waals surface area contributed by atoms with Crippen LogP contribution < -0.4 is 5.32 Å². The van der Waals surface area contributed by atoms with E-state index in [4.69, 9.17) is 4.74 Å². The Morgan fingerprint density at radius 1 is 1.44 bits per heavy atom. The minimum Gasteiger partial charge on any atom is -0.381 e. The molecule has 1 aromatic rings. The molecule has 0 bridgehead atoms. The van der Waals surface area contributed by atoms with E-state index in [1.54, 1.807) is 0 Å². The van der Waals surface area contributed by atoms with Crippen molar-refractivity contribution in [3.8, 4) is 0 Å². The summed E-state index contributed by atoms with van der Waals surface area (Å²) in [5, 5.41) is 3.23. The summed E-state index contributed by atoms with van der Waals surface area (Å²) < 4.78 is 20.1. The molecule has 0 radical (unpaired) electrons. The van der Waals surface area contributed by atoms with Gasteiger partial charge in [-0.25, -0.2) is 4.39 Å². The van der Waals surface area contributed by atoms with Crippen LogP contribution in [0.1, 0.15) is 30.9 Å². The molecule has 1 fully saturated rings. The minimum absolute atomic E-state index is 0.0844. The van der Waals surface area contributed by atoms with Crippen LogP contribution in [0.3, 0.4) is 0 Å². The van der Waals surface area contributed by atoms with Crippen molar-refractivity contribution in [3.05, 3.63) is 34.1 Å². The summed E-state index contributed by atoms with van der Waals surface area (Å²) in [4.78, 5) is 0. The van der Waals surface area contributed by atoms with E-state index in [-0.39, 0.29) is 11.9 Å². The molecule has 1 aliphatic heterocycles. The third-order valence-corrected chi connectivity index (χ3v) is 4.09. The summed E-state index contributed by atoms with van der Waals surface area (Å²) in [5.41, 5.74) is 0.757. The summed E-state index contributed by atoms with van der Waals surface area (Å²) in [6, 6.07) is 5.37. The van der Waals surface area contributed by atoms with E-state index in [9.17, 15) is 4.39 Å². The van der Waals surface area contributed by atoms with Crippen molar-refractivity contribution < 1.29 is 9.13 Å². The molecule has 18 heavy (non-hydrogen) atoms. The first-order valence-electron chi connectivity index (χ1n) is 6.40. The molecule has 0 aromatic heterocycles. The second-order valence-electron chi connectivity index (χ2n) is 4.80. The lowest BCUT2D eigenvalue weighted by molar-refractivity contribution is 0.0607. The Balaban J connectivity index is 2.07. The van der Waals surface area contributed by atoms with Crippen LogP contribution in [-0.4, -0.2) is 20.3 Å². The van der Waals surface area contributed by atoms with Gasteiger partial charge in [-0.3, -0.25) is 0 Å². The van der Waals surface area contributed by atoms with Gasteiger partial charge in [-0.1, -0.05) is 22.0 Å². The highest BCUT2D eigenvalue weighted by molar-refractivity contribution is 9.10. The van der Waals surface area contributed by atoms with E-state index in [2.05, 4.69) is 21.2 Å². The summed E-state index contributed by atoms with van der Waals surface area (Å²) in [7, 11) is 1.89. The Labute approximate surface area is 116 Å². The van der Waals surface area contributed by atoms with Gasteiger partial charge in [0, 0.05) is 29.3 Å². The summed E-state index contributed by atoms with van der Waals surface area (Å²) in [5.74, 6) is 0.482. The summed E-state index contributed by atoms with van der Waals surface area (Å²) in [6.07, 6.45) is 3.13. The third kappa shape index (κ3) is 3.53. The largest absolute Gasteiger partial charge is 0.381 e. The average Bonchev–Trinajstić information content (AvgIpc) is 2.38. The molecular weight excluding hydrogens is 297 g/mol. The zero-order valence-corrected chi connectivity index (χ0v) is 12.2. The molecule has 0 aliphatic carbocycles. The van der Waals surface area contributed by atoms with Gasteiger partial charge in [-0.05, 0) is 44.4 Å². The van der Waals surface area contributed by atoms with E-state index in [0.717, 1.165) is 42.5 Å². The maximum absolute atomic E-state index is 13.9. The second-order valence-corrected chi connectivity index (χ2v) is 5.71. The van der Waals surface area contributed by atoms with Gasteiger partial charge in [0.15, 0.2) is 0 Å². The zero-order valence-electron chi connectivity index (χ0n) is 10.6. The van der Waals surface area contributed by atoms with E-state index >= 15 is 0 Å². The van der Waals surface area contributed by atoms with Crippen molar-refractivity contribution in [2.75, 3.05) is 20.3 Å². The van der Waals surface area contributed by atoms with Crippen molar-refractivity contribution in [1.29, 1.82) is 0 Å². The molecule has 1 atom stereocenters. The summed E-state index contributed by atoms with van der Waals surface area (Å²) in [6.45, 7) is 1.67. The Kier molecular flexibility index (Phi) is 5.15. The van der Waals surface area contributed by atoms with E-state index in [1.807, 2.05) is 19.2 Å². The lowest BCUT2D eigenvalue weighted by Gasteiger charge is -2.27. The van der Waals surface area contributed by atoms with Gasteiger partial charge >= 0.3 is 0 Å². The Morgan fingerprint density at radius 2 is 2.17 bits per heavy atom. The SMILES string of the molecule is CNC(CC1CCOCC1)c1ccc(Br)cc1F. The second kappa shape index (κ2) is 6.64. The van der Waals surface area contributed by atoms with Gasteiger partial charge in [-0.15, -0.1) is 0 Å². The van der Waals surface area contributed by atoms with Crippen LogP contribution in [0, 0.1) is 11.7 Å². The quantitative estimate of drug-likeness (QED) is 0.915. The van der Waals surface area contributed by atoms with E-state index in [1.165, 1.54) is 6.07 Å². The maximum Gasteiger partial charge on any atom is 0.129 e. The highest BCUT2D eigenvalue weighted by Gasteiger charge is 2.21. The lowest BCUT2D eigenvalue weighted by atomic mass is 9.89. The third-order valence-electron chi connectivity index (χ3n) is 3.60. The molecule has 2 rings (SSSR count). The number of halogens is 2. The Hall–Kier alpha value is -0.450. The van der Waals surface area contributed by atoms with Crippen molar-refractivity contribution in [3.63, 3.8) is 0 Å². The number of hydrogen-bond donors (Lipinski definition) is 1. The first kappa shape index (κ1) is 14.0.